The molecule has 0 fully saturated rings. The number of hydrogen-bond donors (Lipinski definition) is 2. The second-order valence-corrected chi connectivity index (χ2v) is 13.0. The first-order valence-corrected chi connectivity index (χ1v) is 17.2. The molecule has 4 unspecified atom stereocenters. The molecule has 0 bridgehead atoms. The molecule has 0 saturated carbocycles. The Bertz CT molecular complexity index is 1660. The summed E-state index contributed by atoms with van der Waals surface area (Å²) in [4.78, 5) is 0. The molecule has 0 aromatic heterocycles. The van der Waals surface area contributed by atoms with Gasteiger partial charge in [0.2, 0.25) is 6.29 Å². The largest absolute Gasteiger partial charge is 0.508 e. The first-order chi connectivity index (χ1) is 22.5. The van der Waals surface area contributed by atoms with Crippen LogP contribution in [-0.4, -0.2) is 23.6 Å². The van der Waals surface area contributed by atoms with E-state index in [9.17, 15) is 5.11 Å². The Kier molecular flexibility index (Phi) is 14.6. The van der Waals surface area contributed by atoms with Crippen molar-refractivity contribution in [3.63, 3.8) is 0 Å². The molecule has 5 rings (SSSR count). The quantitative estimate of drug-likeness (QED) is 0.150. The summed E-state index contributed by atoms with van der Waals surface area (Å²) in [6.45, 7) is 17.5. The molecule has 252 valence electrons. The SMILES string of the molecule is CCC(C)c1ccc(O)cc1.CCC(C)c1ccc2cc(O)ccc2c1.CCC(C)c1ccc2cc(OC(OC)C(C)C)ccc2c1. The Morgan fingerprint density at radius 1 is 0.489 bits per heavy atom. The van der Waals surface area contributed by atoms with E-state index in [2.05, 4.69) is 104 Å². The lowest BCUT2D eigenvalue weighted by Gasteiger charge is -2.21. The van der Waals surface area contributed by atoms with E-state index in [1.807, 2.05) is 24.3 Å². The Morgan fingerprint density at radius 3 is 1.38 bits per heavy atom. The van der Waals surface area contributed by atoms with Crippen LogP contribution in [-0.2, 0) is 4.74 Å². The highest BCUT2D eigenvalue weighted by molar-refractivity contribution is 5.85. The van der Waals surface area contributed by atoms with Crippen molar-refractivity contribution in [2.75, 3.05) is 7.11 Å². The van der Waals surface area contributed by atoms with Crippen molar-refractivity contribution in [2.45, 2.75) is 98.7 Å². The van der Waals surface area contributed by atoms with Gasteiger partial charge in [0.1, 0.15) is 17.2 Å². The highest BCUT2D eigenvalue weighted by Gasteiger charge is 2.14. The summed E-state index contributed by atoms with van der Waals surface area (Å²) in [6, 6.07) is 32.3. The topological polar surface area (TPSA) is 58.9 Å². The van der Waals surface area contributed by atoms with Crippen LogP contribution in [0, 0.1) is 5.92 Å². The number of phenolic OH excluding ortho intramolecular Hbond substituents is 2. The van der Waals surface area contributed by atoms with Gasteiger partial charge in [-0.2, -0.15) is 0 Å². The van der Waals surface area contributed by atoms with Crippen LogP contribution in [0.2, 0.25) is 0 Å². The van der Waals surface area contributed by atoms with Crippen molar-refractivity contribution < 1.29 is 19.7 Å². The number of benzene rings is 5. The van der Waals surface area contributed by atoms with E-state index >= 15 is 0 Å². The smallest absolute Gasteiger partial charge is 0.201 e. The van der Waals surface area contributed by atoms with Crippen LogP contribution in [0.3, 0.4) is 0 Å². The molecule has 47 heavy (non-hydrogen) atoms. The summed E-state index contributed by atoms with van der Waals surface area (Å²) >= 11 is 0. The summed E-state index contributed by atoms with van der Waals surface area (Å²) < 4.78 is 11.3. The first-order valence-electron chi connectivity index (χ1n) is 17.2. The van der Waals surface area contributed by atoms with Crippen LogP contribution in [0.4, 0.5) is 0 Å². The van der Waals surface area contributed by atoms with Crippen molar-refractivity contribution in [2.24, 2.45) is 5.92 Å². The van der Waals surface area contributed by atoms with E-state index in [0.29, 0.717) is 35.2 Å². The molecule has 2 N–H and O–H groups in total. The molecule has 0 heterocycles. The Balaban J connectivity index is 0.000000202. The number of aromatic hydroxyl groups is 2. The van der Waals surface area contributed by atoms with Gasteiger partial charge >= 0.3 is 0 Å². The zero-order valence-electron chi connectivity index (χ0n) is 30.0. The fourth-order valence-electron chi connectivity index (χ4n) is 5.28. The monoisotopic (exact) mass is 636 g/mol. The third-order valence-electron chi connectivity index (χ3n) is 9.15. The lowest BCUT2D eigenvalue weighted by Crippen LogP contribution is -2.24. The average molecular weight is 637 g/mol. The van der Waals surface area contributed by atoms with Crippen LogP contribution in [0.25, 0.3) is 21.5 Å². The molecule has 0 radical (unpaired) electrons. The first kappa shape index (κ1) is 37.4. The number of methoxy groups -OCH3 is 1. The van der Waals surface area contributed by atoms with Crippen molar-refractivity contribution in [3.8, 4) is 17.2 Å². The van der Waals surface area contributed by atoms with Crippen molar-refractivity contribution >= 4 is 21.5 Å². The highest BCUT2D eigenvalue weighted by Crippen LogP contribution is 2.28. The normalized spacial score (nSPS) is 13.6. The molecule has 5 aromatic carbocycles. The summed E-state index contributed by atoms with van der Waals surface area (Å²) in [5, 5.41) is 23.1. The van der Waals surface area contributed by atoms with Crippen molar-refractivity contribution in [3.05, 3.63) is 114 Å². The van der Waals surface area contributed by atoms with Crippen LogP contribution in [0.1, 0.15) is 109 Å². The molecule has 0 aliphatic carbocycles. The van der Waals surface area contributed by atoms with Crippen LogP contribution in [0.15, 0.2) is 97.1 Å². The maximum absolute atomic E-state index is 9.35. The van der Waals surface area contributed by atoms with Gasteiger partial charge in [0.25, 0.3) is 0 Å². The molecule has 5 aromatic rings. The van der Waals surface area contributed by atoms with Gasteiger partial charge in [0, 0.05) is 13.0 Å². The lowest BCUT2D eigenvalue weighted by atomic mass is 9.96. The number of rotatable bonds is 10. The molecule has 4 nitrogen and oxygen atoms in total. The summed E-state index contributed by atoms with van der Waals surface area (Å²) in [7, 11) is 1.68. The average Bonchev–Trinajstić information content (AvgIpc) is 3.09. The number of fused-ring (bicyclic) bond motifs is 2. The summed E-state index contributed by atoms with van der Waals surface area (Å²) in [5.41, 5.74) is 4.07. The molecular weight excluding hydrogens is 580 g/mol. The van der Waals surface area contributed by atoms with Crippen LogP contribution < -0.4 is 4.74 Å². The second-order valence-electron chi connectivity index (χ2n) is 13.0. The molecule has 4 atom stereocenters. The van der Waals surface area contributed by atoms with Crippen molar-refractivity contribution in [1.29, 1.82) is 0 Å². The van der Waals surface area contributed by atoms with Gasteiger partial charge in [-0.05, 0) is 112 Å². The summed E-state index contributed by atoms with van der Waals surface area (Å²) in [5.74, 6) is 3.65. The molecule has 0 saturated heterocycles. The van der Waals surface area contributed by atoms with E-state index in [4.69, 9.17) is 14.6 Å². The van der Waals surface area contributed by atoms with Gasteiger partial charge in [-0.3, -0.25) is 0 Å². The van der Waals surface area contributed by atoms with Gasteiger partial charge in [-0.1, -0.05) is 116 Å². The van der Waals surface area contributed by atoms with E-state index in [1.165, 1.54) is 32.8 Å². The molecule has 0 aliphatic rings. The molecular formula is C43H56O4. The minimum atomic E-state index is -0.207. The minimum absolute atomic E-state index is 0.207. The number of phenols is 2. The zero-order chi connectivity index (χ0) is 34.5. The predicted octanol–water partition coefficient (Wildman–Crippen LogP) is 12.3. The predicted molar refractivity (Wildman–Crippen MR) is 200 cm³/mol. The molecule has 0 spiro atoms. The highest BCUT2D eigenvalue weighted by atomic mass is 16.7. The van der Waals surface area contributed by atoms with Crippen LogP contribution >= 0.6 is 0 Å². The van der Waals surface area contributed by atoms with Gasteiger partial charge in [0.05, 0.1) is 0 Å². The van der Waals surface area contributed by atoms with E-state index < -0.39 is 0 Å². The van der Waals surface area contributed by atoms with E-state index in [0.717, 1.165) is 30.4 Å². The van der Waals surface area contributed by atoms with Gasteiger partial charge in [-0.25, -0.2) is 0 Å². The summed E-state index contributed by atoms with van der Waals surface area (Å²) in [6.07, 6.45) is 3.26. The third-order valence-corrected chi connectivity index (χ3v) is 9.15. The Morgan fingerprint density at radius 2 is 0.894 bits per heavy atom. The van der Waals surface area contributed by atoms with Gasteiger partial charge < -0.3 is 19.7 Å². The maximum Gasteiger partial charge on any atom is 0.201 e. The van der Waals surface area contributed by atoms with Crippen LogP contribution in [0.5, 0.6) is 17.2 Å². The molecule has 0 aliphatic heterocycles. The lowest BCUT2D eigenvalue weighted by molar-refractivity contribution is -0.0833. The number of hydrogen-bond acceptors (Lipinski definition) is 4. The minimum Gasteiger partial charge on any atom is -0.508 e. The van der Waals surface area contributed by atoms with E-state index in [1.54, 1.807) is 31.4 Å². The van der Waals surface area contributed by atoms with Crippen molar-refractivity contribution in [1.82, 2.24) is 0 Å². The van der Waals surface area contributed by atoms with Gasteiger partial charge in [-0.15, -0.1) is 0 Å². The maximum atomic E-state index is 9.35. The molecule has 4 heteroatoms. The zero-order valence-corrected chi connectivity index (χ0v) is 30.0. The fourth-order valence-corrected chi connectivity index (χ4v) is 5.28. The van der Waals surface area contributed by atoms with E-state index in [-0.39, 0.29) is 6.29 Å². The standard InChI is InChI=1S/C19H26O2.C14H16O.C10H14O/c1-6-14(4)15-7-8-17-12-18(10-9-16(17)11-15)21-19(20-5)13(2)3;1-3-10(2)11-4-5-13-9-14(15)7-6-12(13)8-11;1-3-8(2)9-4-6-10(11)7-5-9/h7-14,19H,6H2,1-5H3;4-10,15H,3H2,1-2H3;4-8,11H,3H2,1-2H3. The fraction of sp³-hybridized carbons (Fsp3) is 0.395. The van der Waals surface area contributed by atoms with Gasteiger partial charge in [0.15, 0.2) is 0 Å². The third kappa shape index (κ3) is 11.0. The second kappa shape index (κ2) is 18.4. The number of ether oxygens (including phenoxy) is 2. The molecule has 0 amide bonds. The Labute approximate surface area is 283 Å². The Hall–Kier alpha value is -4.02.